The summed E-state index contributed by atoms with van der Waals surface area (Å²) in [5, 5.41) is 6.05. The molecule has 94 valence electrons. The van der Waals surface area contributed by atoms with Crippen LogP contribution in [0, 0.1) is 6.92 Å². The Bertz CT molecular complexity index is 365. The number of hydrogen-bond acceptors (Lipinski definition) is 3. The lowest BCUT2D eigenvalue weighted by Gasteiger charge is -2.11. The number of carbonyl (C=O) groups is 1. The van der Waals surface area contributed by atoms with Crippen LogP contribution in [0.5, 0.6) is 0 Å². The van der Waals surface area contributed by atoms with Gasteiger partial charge in [-0.25, -0.2) is 0 Å². The first-order valence-corrected chi connectivity index (χ1v) is 6.03. The van der Waals surface area contributed by atoms with Gasteiger partial charge in [-0.1, -0.05) is 6.92 Å². The van der Waals surface area contributed by atoms with E-state index in [1.807, 2.05) is 13.0 Å². The fourth-order valence-corrected chi connectivity index (χ4v) is 1.37. The number of carbonyl (C=O) groups excluding carboxylic acids is 1. The maximum atomic E-state index is 11.6. The van der Waals surface area contributed by atoms with Gasteiger partial charge in [0.2, 0.25) is 5.91 Å². The molecule has 0 saturated carbocycles. The number of aromatic nitrogens is 1. The van der Waals surface area contributed by atoms with Gasteiger partial charge in [-0.15, -0.1) is 0 Å². The molecule has 0 saturated heterocycles. The second-order valence-corrected chi connectivity index (χ2v) is 4.27. The third-order valence-electron chi connectivity index (χ3n) is 2.84. The summed E-state index contributed by atoms with van der Waals surface area (Å²) in [6.07, 6.45) is 4.57. The summed E-state index contributed by atoms with van der Waals surface area (Å²) in [7, 11) is 0. The molecule has 1 unspecified atom stereocenters. The lowest BCUT2D eigenvalue weighted by Crippen LogP contribution is -2.37. The van der Waals surface area contributed by atoms with E-state index in [4.69, 9.17) is 0 Å². The largest absolute Gasteiger partial charge is 0.351 e. The van der Waals surface area contributed by atoms with Crippen molar-refractivity contribution in [3.63, 3.8) is 0 Å². The Morgan fingerprint density at radius 3 is 2.94 bits per heavy atom. The molecule has 0 bridgehead atoms. The van der Waals surface area contributed by atoms with Crippen molar-refractivity contribution in [3.8, 4) is 0 Å². The lowest BCUT2D eigenvalue weighted by atomic mass is 10.1. The van der Waals surface area contributed by atoms with Crippen LogP contribution >= 0.6 is 0 Å². The Balaban J connectivity index is 2.31. The van der Waals surface area contributed by atoms with Crippen molar-refractivity contribution < 1.29 is 4.79 Å². The summed E-state index contributed by atoms with van der Waals surface area (Å²) in [5.74, 6) is 0.0292. The second kappa shape index (κ2) is 7.01. The lowest BCUT2D eigenvalue weighted by molar-refractivity contribution is -0.120. The molecule has 0 aliphatic carbocycles. The van der Waals surface area contributed by atoms with Crippen molar-refractivity contribution in [2.24, 2.45) is 0 Å². The van der Waals surface area contributed by atoms with Crippen LogP contribution in [0.4, 0.5) is 0 Å². The molecule has 0 fully saturated rings. The van der Waals surface area contributed by atoms with Gasteiger partial charge in [0.25, 0.3) is 0 Å². The molecule has 0 aromatic carbocycles. The van der Waals surface area contributed by atoms with Crippen LogP contribution < -0.4 is 10.6 Å². The molecule has 0 radical (unpaired) electrons. The van der Waals surface area contributed by atoms with E-state index in [1.54, 1.807) is 12.4 Å². The van der Waals surface area contributed by atoms with Crippen LogP contribution in [0.2, 0.25) is 0 Å². The summed E-state index contributed by atoms with van der Waals surface area (Å²) in [4.78, 5) is 15.6. The number of pyridine rings is 1. The van der Waals surface area contributed by atoms with E-state index >= 15 is 0 Å². The van der Waals surface area contributed by atoms with E-state index in [1.165, 1.54) is 0 Å². The van der Waals surface area contributed by atoms with Crippen LogP contribution in [0.25, 0.3) is 0 Å². The average Bonchev–Trinajstić information content (AvgIpc) is 2.35. The van der Waals surface area contributed by atoms with E-state index in [2.05, 4.69) is 29.5 Å². The minimum atomic E-state index is 0.0292. The molecule has 17 heavy (non-hydrogen) atoms. The molecular weight excluding hydrogens is 214 g/mol. The van der Waals surface area contributed by atoms with Gasteiger partial charge >= 0.3 is 0 Å². The van der Waals surface area contributed by atoms with Crippen molar-refractivity contribution in [2.75, 3.05) is 6.54 Å². The van der Waals surface area contributed by atoms with Crippen molar-refractivity contribution >= 4 is 5.91 Å². The smallest absolute Gasteiger partial charge is 0.234 e. The van der Waals surface area contributed by atoms with Crippen molar-refractivity contribution in [1.29, 1.82) is 0 Å². The van der Waals surface area contributed by atoms with E-state index in [0.717, 1.165) is 17.5 Å². The maximum Gasteiger partial charge on any atom is 0.234 e. The van der Waals surface area contributed by atoms with Crippen LogP contribution in [0.15, 0.2) is 18.5 Å². The summed E-state index contributed by atoms with van der Waals surface area (Å²) in [6.45, 7) is 7.09. The normalized spacial score (nSPS) is 12.2. The quantitative estimate of drug-likeness (QED) is 0.783. The van der Waals surface area contributed by atoms with Gasteiger partial charge in [-0.3, -0.25) is 9.78 Å². The van der Waals surface area contributed by atoms with E-state index in [9.17, 15) is 4.79 Å². The molecular formula is C13H21N3O. The van der Waals surface area contributed by atoms with Gasteiger partial charge in [0.1, 0.15) is 0 Å². The maximum absolute atomic E-state index is 11.6. The Kier molecular flexibility index (Phi) is 5.63. The molecule has 1 amide bonds. The summed E-state index contributed by atoms with van der Waals surface area (Å²) >= 11 is 0. The standard InChI is InChI=1S/C13H21N3O/c1-4-11(3)15-9-13(17)16-8-12-5-6-14-7-10(12)2/h5-7,11,15H,4,8-9H2,1-3H3,(H,16,17). The predicted octanol–water partition coefficient (Wildman–Crippen LogP) is 1.39. The fourth-order valence-electron chi connectivity index (χ4n) is 1.37. The number of nitrogens with one attached hydrogen (secondary N) is 2. The first-order chi connectivity index (χ1) is 8.13. The first-order valence-electron chi connectivity index (χ1n) is 6.03. The van der Waals surface area contributed by atoms with Crippen LogP contribution in [-0.2, 0) is 11.3 Å². The molecule has 4 nitrogen and oxygen atoms in total. The van der Waals surface area contributed by atoms with E-state index in [-0.39, 0.29) is 5.91 Å². The van der Waals surface area contributed by atoms with Crippen molar-refractivity contribution in [2.45, 2.75) is 39.8 Å². The van der Waals surface area contributed by atoms with Crippen LogP contribution in [0.3, 0.4) is 0 Å². The van der Waals surface area contributed by atoms with Gasteiger partial charge in [0, 0.05) is 25.0 Å². The third-order valence-corrected chi connectivity index (χ3v) is 2.84. The highest BCUT2D eigenvalue weighted by molar-refractivity contribution is 5.78. The summed E-state index contributed by atoms with van der Waals surface area (Å²) in [6, 6.07) is 2.31. The number of rotatable bonds is 6. The molecule has 1 aromatic heterocycles. The SMILES string of the molecule is CCC(C)NCC(=O)NCc1ccncc1C. The molecule has 4 heteroatoms. The topological polar surface area (TPSA) is 54.0 Å². The Hall–Kier alpha value is -1.42. The van der Waals surface area contributed by atoms with Crippen molar-refractivity contribution in [1.82, 2.24) is 15.6 Å². The first kappa shape index (κ1) is 13.6. The second-order valence-electron chi connectivity index (χ2n) is 4.27. The van der Waals surface area contributed by atoms with E-state index < -0.39 is 0 Å². The number of nitrogens with zero attached hydrogens (tertiary/aromatic N) is 1. The van der Waals surface area contributed by atoms with Gasteiger partial charge in [-0.2, -0.15) is 0 Å². The van der Waals surface area contributed by atoms with Gasteiger partial charge < -0.3 is 10.6 Å². The highest BCUT2D eigenvalue weighted by Gasteiger charge is 2.04. The Morgan fingerprint density at radius 2 is 2.29 bits per heavy atom. The molecule has 1 atom stereocenters. The third kappa shape index (κ3) is 4.95. The Morgan fingerprint density at radius 1 is 1.53 bits per heavy atom. The number of hydrogen-bond donors (Lipinski definition) is 2. The molecule has 1 heterocycles. The number of amides is 1. The van der Waals surface area contributed by atoms with Crippen molar-refractivity contribution in [3.05, 3.63) is 29.6 Å². The molecule has 1 aromatic rings. The highest BCUT2D eigenvalue weighted by atomic mass is 16.1. The summed E-state index contributed by atoms with van der Waals surface area (Å²) in [5.41, 5.74) is 2.21. The minimum absolute atomic E-state index is 0.0292. The van der Waals surface area contributed by atoms with E-state index in [0.29, 0.717) is 19.1 Å². The highest BCUT2D eigenvalue weighted by Crippen LogP contribution is 2.03. The van der Waals surface area contributed by atoms with Gasteiger partial charge in [0.05, 0.1) is 6.54 Å². The van der Waals surface area contributed by atoms with Gasteiger partial charge in [-0.05, 0) is 37.5 Å². The molecule has 0 aliphatic heterocycles. The number of aryl methyl sites for hydroxylation is 1. The molecule has 0 spiro atoms. The molecule has 2 N–H and O–H groups in total. The van der Waals surface area contributed by atoms with Gasteiger partial charge in [0.15, 0.2) is 0 Å². The van der Waals surface area contributed by atoms with Crippen LogP contribution in [-0.4, -0.2) is 23.5 Å². The Labute approximate surface area is 103 Å². The minimum Gasteiger partial charge on any atom is -0.351 e. The zero-order chi connectivity index (χ0) is 12.7. The fraction of sp³-hybridized carbons (Fsp3) is 0.538. The molecule has 0 aliphatic rings. The average molecular weight is 235 g/mol. The zero-order valence-corrected chi connectivity index (χ0v) is 10.8. The zero-order valence-electron chi connectivity index (χ0n) is 10.8. The monoisotopic (exact) mass is 235 g/mol. The molecule has 1 rings (SSSR count). The van der Waals surface area contributed by atoms with Crippen LogP contribution in [0.1, 0.15) is 31.4 Å². The summed E-state index contributed by atoms with van der Waals surface area (Å²) < 4.78 is 0. The predicted molar refractivity (Wildman–Crippen MR) is 68.6 cm³/mol.